The average molecular weight is 519 g/mol. The lowest BCUT2D eigenvalue weighted by atomic mass is 9.79. The van der Waals surface area contributed by atoms with Crippen molar-refractivity contribution in [3.05, 3.63) is 35.4 Å². The molecule has 196 valence electrons. The maximum atomic E-state index is 13.0. The van der Waals surface area contributed by atoms with Gasteiger partial charge in [-0.05, 0) is 37.0 Å². The van der Waals surface area contributed by atoms with E-state index in [4.69, 9.17) is 5.73 Å². The van der Waals surface area contributed by atoms with Crippen LogP contribution in [0.2, 0.25) is 0 Å². The molecule has 8 unspecified atom stereocenters. The number of aliphatic hydroxyl groups excluding tert-OH is 1. The van der Waals surface area contributed by atoms with Crippen LogP contribution in [-0.4, -0.2) is 104 Å². The van der Waals surface area contributed by atoms with Gasteiger partial charge in [-0.3, -0.25) is 19.3 Å². The van der Waals surface area contributed by atoms with E-state index in [-0.39, 0.29) is 34.3 Å². The van der Waals surface area contributed by atoms with Gasteiger partial charge in [0.05, 0.1) is 24.1 Å². The molecule has 0 spiro atoms. The number of aliphatic carboxylic acids is 1. The first kappa shape index (κ1) is 26.4. The number of thioether (sulfide) groups is 1. The number of β-lactam (4-membered cyclic amide) rings is 1. The summed E-state index contributed by atoms with van der Waals surface area (Å²) in [6.07, 6.45) is -0.287. The number of carbonyl (C=O) groups is 4. The molecule has 0 bridgehead atoms. The highest BCUT2D eigenvalue weighted by molar-refractivity contribution is 8.00. The zero-order valence-electron chi connectivity index (χ0n) is 20.9. The van der Waals surface area contributed by atoms with E-state index in [9.17, 15) is 29.4 Å². The minimum atomic E-state index is -1.04. The van der Waals surface area contributed by atoms with Crippen molar-refractivity contribution in [3.8, 4) is 0 Å². The average Bonchev–Trinajstić information content (AvgIpc) is 3.30. The quantitative estimate of drug-likeness (QED) is 0.415. The maximum Gasteiger partial charge on any atom is 0.327 e. The first-order valence-electron chi connectivity index (χ1n) is 12.1. The minimum absolute atomic E-state index is 0.0219. The van der Waals surface area contributed by atoms with Gasteiger partial charge in [-0.2, -0.15) is 11.8 Å². The largest absolute Gasteiger partial charge is 0.480 e. The van der Waals surface area contributed by atoms with E-state index in [2.05, 4.69) is 4.90 Å². The Bertz CT molecular complexity index is 1060. The Balaban J connectivity index is 1.54. The van der Waals surface area contributed by atoms with Gasteiger partial charge in [-0.25, -0.2) is 4.79 Å². The predicted octanol–water partition coefficient (Wildman–Crippen LogP) is 0.229. The van der Waals surface area contributed by atoms with Gasteiger partial charge in [0, 0.05) is 43.2 Å². The molecule has 0 aromatic heterocycles. The number of carboxylic acid groups (broad SMARTS) is 1. The standard InChI is InChI=1S/C25H34N4O6S/c1-12-19-18(13(2)30)24(33)29(19)20(25(34)35)21(12)36-16-9-17(23(32)27(3)4)28(11-16)10-14-6-5-7-15(8-14)22(26)31/h5-8,12-13,16-21,30H,9-11H2,1-4H3,(H2,26,31)(H,34,35). The monoisotopic (exact) mass is 518 g/mol. The Morgan fingerprint density at radius 2 is 1.97 bits per heavy atom. The lowest BCUT2D eigenvalue weighted by molar-refractivity contribution is -0.170. The summed E-state index contributed by atoms with van der Waals surface area (Å²) in [4.78, 5) is 54.6. The van der Waals surface area contributed by atoms with Crippen LogP contribution < -0.4 is 5.73 Å². The predicted molar refractivity (Wildman–Crippen MR) is 134 cm³/mol. The van der Waals surface area contributed by atoms with Crippen molar-refractivity contribution in [2.45, 2.75) is 61.5 Å². The summed E-state index contributed by atoms with van der Waals surface area (Å²) in [7, 11) is 3.42. The molecule has 3 fully saturated rings. The van der Waals surface area contributed by atoms with Crippen LogP contribution in [0.5, 0.6) is 0 Å². The van der Waals surface area contributed by atoms with Gasteiger partial charge in [0.25, 0.3) is 0 Å². The van der Waals surface area contributed by atoms with Crippen LogP contribution >= 0.6 is 11.8 Å². The number of nitrogens with two attached hydrogens (primary N) is 1. The van der Waals surface area contributed by atoms with Crippen LogP contribution in [0.1, 0.15) is 36.2 Å². The normalized spacial score (nSPS) is 32.6. The number of fused-ring (bicyclic) bond motifs is 1. The number of likely N-dealkylation sites (tertiary alicyclic amines) is 1. The smallest absolute Gasteiger partial charge is 0.327 e. The molecule has 11 heteroatoms. The zero-order chi connectivity index (χ0) is 26.5. The number of rotatable bonds is 8. The number of aliphatic hydroxyl groups is 1. The van der Waals surface area contributed by atoms with E-state index in [1.807, 2.05) is 13.0 Å². The van der Waals surface area contributed by atoms with E-state index in [0.717, 1.165) is 5.56 Å². The Morgan fingerprint density at radius 3 is 2.56 bits per heavy atom. The second-order valence-electron chi connectivity index (χ2n) is 10.3. The number of amides is 3. The molecule has 0 aliphatic carbocycles. The summed E-state index contributed by atoms with van der Waals surface area (Å²) in [5, 5.41) is 19.7. The summed E-state index contributed by atoms with van der Waals surface area (Å²) in [5.74, 6) is -2.59. The number of carboxylic acids is 1. The van der Waals surface area contributed by atoms with Gasteiger partial charge >= 0.3 is 5.97 Å². The van der Waals surface area contributed by atoms with Crippen molar-refractivity contribution >= 4 is 35.5 Å². The van der Waals surface area contributed by atoms with Crippen molar-refractivity contribution in [1.82, 2.24) is 14.7 Å². The van der Waals surface area contributed by atoms with Gasteiger partial charge in [-0.15, -0.1) is 0 Å². The highest BCUT2D eigenvalue weighted by atomic mass is 32.2. The summed E-state index contributed by atoms with van der Waals surface area (Å²) < 4.78 is 0. The minimum Gasteiger partial charge on any atom is -0.480 e. The first-order valence-corrected chi connectivity index (χ1v) is 13.1. The molecule has 8 atom stereocenters. The van der Waals surface area contributed by atoms with Crippen LogP contribution in [0, 0.1) is 11.8 Å². The van der Waals surface area contributed by atoms with Gasteiger partial charge in [0.1, 0.15) is 6.04 Å². The van der Waals surface area contributed by atoms with Crippen molar-refractivity contribution in [3.63, 3.8) is 0 Å². The topological polar surface area (TPSA) is 144 Å². The number of benzene rings is 1. The Kier molecular flexibility index (Phi) is 7.36. The Hall–Kier alpha value is -2.63. The molecule has 3 amide bonds. The Labute approximate surface area is 214 Å². The molecular weight excluding hydrogens is 484 g/mol. The van der Waals surface area contributed by atoms with E-state index in [1.54, 1.807) is 44.1 Å². The first-order chi connectivity index (χ1) is 16.9. The summed E-state index contributed by atoms with van der Waals surface area (Å²) in [6.45, 7) is 4.53. The van der Waals surface area contributed by atoms with E-state index >= 15 is 0 Å². The molecular formula is C25H34N4O6S. The van der Waals surface area contributed by atoms with Crippen LogP contribution in [0.4, 0.5) is 0 Å². The number of hydrogen-bond acceptors (Lipinski definition) is 7. The van der Waals surface area contributed by atoms with Crippen LogP contribution in [-0.2, 0) is 20.9 Å². The number of nitrogens with zero attached hydrogens (tertiary/aromatic N) is 3. The lowest BCUT2D eigenvalue weighted by Gasteiger charge is -2.47. The molecule has 1 aromatic carbocycles. The third-order valence-electron chi connectivity index (χ3n) is 7.71. The second-order valence-corrected chi connectivity index (χ2v) is 11.8. The molecule has 0 saturated carbocycles. The molecule has 3 heterocycles. The summed E-state index contributed by atoms with van der Waals surface area (Å²) in [6, 6.07) is 5.38. The molecule has 3 aliphatic rings. The third kappa shape index (κ3) is 4.59. The number of carbonyl (C=O) groups excluding carboxylic acids is 3. The summed E-state index contributed by atoms with van der Waals surface area (Å²) >= 11 is 1.53. The SMILES string of the molecule is CC(O)C1C(=O)N2C(C(=O)O)C(SC3CC(C(=O)N(C)C)N(Cc4cccc(C(N)=O)c4)C3)C(C)C12. The van der Waals surface area contributed by atoms with Crippen molar-refractivity contribution in [2.24, 2.45) is 17.6 Å². The second kappa shape index (κ2) is 10.0. The van der Waals surface area contributed by atoms with Crippen LogP contribution in [0.25, 0.3) is 0 Å². The van der Waals surface area contributed by atoms with Gasteiger partial charge in [-0.1, -0.05) is 19.1 Å². The molecule has 0 radical (unpaired) electrons. The van der Waals surface area contributed by atoms with Crippen molar-refractivity contribution in [1.29, 1.82) is 0 Å². The van der Waals surface area contributed by atoms with E-state index in [0.29, 0.717) is 25.1 Å². The summed E-state index contributed by atoms with van der Waals surface area (Å²) in [5.41, 5.74) is 6.69. The fraction of sp³-hybridized carbons (Fsp3) is 0.600. The molecule has 36 heavy (non-hydrogen) atoms. The molecule has 10 nitrogen and oxygen atoms in total. The maximum absolute atomic E-state index is 13.0. The fourth-order valence-electron chi connectivity index (χ4n) is 6.02. The number of primary amides is 1. The van der Waals surface area contributed by atoms with Gasteiger partial charge < -0.3 is 25.7 Å². The zero-order valence-corrected chi connectivity index (χ0v) is 21.7. The molecule has 4 rings (SSSR count). The highest BCUT2D eigenvalue weighted by Crippen LogP contribution is 2.50. The van der Waals surface area contributed by atoms with E-state index < -0.39 is 36.0 Å². The number of hydrogen-bond donors (Lipinski definition) is 3. The molecule has 1 aromatic rings. The highest BCUT2D eigenvalue weighted by Gasteiger charge is 2.65. The molecule has 4 N–H and O–H groups in total. The van der Waals surface area contributed by atoms with Gasteiger partial charge in [0.2, 0.25) is 17.7 Å². The van der Waals surface area contributed by atoms with E-state index in [1.165, 1.54) is 16.7 Å². The Morgan fingerprint density at radius 1 is 1.28 bits per heavy atom. The van der Waals surface area contributed by atoms with Crippen molar-refractivity contribution < 1.29 is 29.4 Å². The van der Waals surface area contributed by atoms with Gasteiger partial charge in [0.15, 0.2) is 0 Å². The van der Waals surface area contributed by atoms with Crippen LogP contribution in [0.3, 0.4) is 0 Å². The molecule has 3 saturated heterocycles. The third-order valence-corrected chi connectivity index (χ3v) is 9.43. The molecule has 3 aliphatic heterocycles. The van der Waals surface area contributed by atoms with Crippen LogP contribution in [0.15, 0.2) is 24.3 Å². The lowest BCUT2D eigenvalue weighted by Crippen LogP contribution is -2.65. The fourth-order valence-corrected chi connectivity index (χ4v) is 7.84. The number of likely N-dealkylation sites (N-methyl/N-ethyl adjacent to an activating group) is 1. The van der Waals surface area contributed by atoms with Crippen molar-refractivity contribution in [2.75, 3.05) is 20.6 Å².